The number of carbonyl (C=O) groups is 1. The van der Waals surface area contributed by atoms with Gasteiger partial charge >= 0.3 is 0 Å². The highest BCUT2D eigenvalue weighted by Gasteiger charge is 2.29. The fourth-order valence-corrected chi connectivity index (χ4v) is 4.39. The third kappa shape index (κ3) is 4.46. The minimum Gasteiger partial charge on any atom is -0.495 e. The van der Waals surface area contributed by atoms with Gasteiger partial charge in [0.25, 0.3) is 5.91 Å². The standard InChI is InChI=1S/C16H25N3O4S/c1-3-17-12-16(20)18-13-7-8-14(23-2)15(11-13)24(21,22)19-9-5-4-6-10-19/h7-8,11,17H,3-6,9-10,12H2,1-2H3,(H,18,20)/p+1. The number of amides is 1. The molecule has 0 spiro atoms. The summed E-state index contributed by atoms with van der Waals surface area (Å²) in [7, 11) is -2.19. The fraction of sp³-hybridized carbons (Fsp3) is 0.562. The fourth-order valence-electron chi connectivity index (χ4n) is 2.69. The van der Waals surface area contributed by atoms with Crippen molar-refractivity contribution >= 4 is 21.6 Å². The average Bonchev–Trinajstić information content (AvgIpc) is 2.60. The van der Waals surface area contributed by atoms with E-state index in [0.29, 0.717) is 31.1 Å². The first-order valence-electron chi connectivity index (χ1n) is 8.28. The first kappa shape index (κ1) is 18.7. The molecule has 1 fully saturated rings. The van der Waals surface area contributed by atoms with Gasteiger partial charge in [-0.3, -0.25) is 4.79 Å². The molecule has 0 unspecified atom stereocenters. The number of methoxy groups -OCH3 is 1. The molecule has 24 heavy (non-hydrogen) atoms. The Labute approximate surface area is 143 Å². The lowest BCUT2D eigenvalue weighted by atomic mass is 10.2. The molecule has 1 saturated heterocycles. The summed E-state index contributed by atoms with van der Waals surface area (Å²) < 4.78 is 32.5. The van der Waals surface area contributed by atoms with Gasteiger partial charge in [-0.15, -0.1) is 0 Å². The van der Waals surface area contributed by atoms with Crippen molar-refractivity contribution in [2.24, 2.45) is 0 Å². The minimum absolute atomic E-state index is 0.101. The van der Waals surface area contributed by atoms with Crippen LogP contribution in [-0.2, 0) is 14.8 Å². The molecule has 0 aliphatic carbocycles. The van der Waals surface area contributed by atoms with Crippen molar-refractivity contribution in [3.8, 4) is 5.75 Å². The van der Waals surface area contributed by atoms with Crippen molar-refractivity contribution in [3.05, 3.63) is 18.2 Å². The number of nitrogens with zero attached hydrogens (tertiary/aromatic N) is 1. The zero-order chi connectivity index (χ0) is 17.6. The van der Waals surface area contributed by atoms with Crippen molar-refractivity contribution in [3.63, 3.8) is 0 Å². The number of piperidine rings is 1. The molecule has 0 radical (unpaired) electrons. The van der Waals surface area contributed by atoms with Crippen molar-refractivity contribution in [1.82, 2.24) is 4.31 Å². The summed E-state index contributed by atoms with van der Waals surface area (Å²) in [6.07, 6.45) is 2.78. The summed E-state index contributed by atoms with van der Waals surface area (Å²) >= 11 is 0. The van der Waals surface area contributed by atoms with Gasteiger partial charge in [0.15, 0.2) is 6.54 Å². The molecule has 1 heterocycles. The number of likely N-dealkylation sites (N-methyl/N-ethyl adjacent to an activating group) is 1. The van der Waals surface area contributed by atoms with Crippen LogP contribution in [0.25, 0.3) is 0 Å². The molecule has 1 amide bonds. The third-order valence-corrected chi connectivity index (χ3v) is 5.92. The van der Waals surface area contributed by atoms with Crippen LogP contribution in [0.4, 0.5) is 5.69 Å². The van der Waals surface area contributed by atoms with E-state index in [0.717, 1.165) is 25.8 Å². The molecule has 2 rings (SSSR count). The minimum atomic E-state index is -3.63. The van der Waals surface area contributed by atoms with Gasteiger partial charge in [-0.1, -0.05) is 6.42 Å². The van der Waals surface area contributed by atoms with E-state index >= 15 is 0 Å². The smallest absolute Gasteiger partial charge is 0.279 e. The van der Waals surface area contributed by atoms with E-state index in [-0.39, 0.29) is 10.8 Å². The topological polar surface area (TPSA) is 92.3 Å². The summed E-state index contributed by atoms with van der Waals surface area (Å²) in [4.78, 5) is 12.0. The highest BCUT2D eigenvalue weighted by atomic mass is 32.2. The molecule has 134 valence electrons. The lowest BCUT2D eigenvalue weighted by molar-refractivity contribution is -0.640. The molecule has 8 heteroatoms. The van der Waals surface area contributed by atoms with Gasteiger partial charge in [-0.05, 0) is 38.0 Å². The lowest BCUT2D eigenvalue weighted by Gasteiger charge is -2.26. The zero-order valence-electron chi connectivity index (χ0n) is 14.2. The molecule has 0 aromatic heterocycles. The maximum Gasteiger partial charge on any atom is 0.279 e. The van der Waals surface area contributed by atoms with E-state index in [4.69, 9.17) is 4.74 Å². The first-order valence-corrected chi connectivity index (χ1v) is 9.72. The van der Waals surface area contributed by atoms with E-state index in [2.05, 4.69) is 5.32 Å². The molecule has 1 aromatic rings. The lowest BCUT2D eigenvalue weighted by Crippen LogP contribution is -2.85. The van der Waals surface area contributed by atoms with Gasteiger partial charge in [0.05, 0.1) is 13.7 Å². The van der Waals surface area contributed by atoms with Crippen LogP contribution in [0.15, 0.2) is 23.1 Å². The summed E-state index contributed by atoms with van der Waals surface area (Å²) in [6.45, 7) is 4.12. The Morgan fingerprint density at radius 1 is 1.29 bits per heavy atom. The number of benzene rings is 1. The van der Waals surface area contributed by atoms with Crippen LogP contribution in [0.1, 0.15) is 26.2 Å². The quantitative estimate of drug-likeness (QED) is 0.739. The number of rotatable bonds is 7. The highest BCUT2D eigenvalue weighted by Crippen LogP contribution is 2.31. The van der Waals surface area contributed by atoms with Crippen molar-refractivity contribution in [1.29, 1.82) is 0 Å². The Bertz CT molecular complexity index is 670. The number of nitrogens with two attached hydrogens (primary N) is 1. The van der Waals surface area contributed by atoms with Gasteiger partial charge < -0.3 is 15.4 Å². The number of ether oxygens (including phenoxy) is 1. The molecule has 0 atom stereocenters. The summed E-state index contributed by atoms with van der Waals surface area (Å²) in [5, 5.41) is 4.60. The number of hydrogen-bond acceptors (Lipinski definition) is 4. The molecule has 3 N–H and O–H groups in total. The van der Waals surface area contributed by atoms with Crippen molar-refractivity contribution < 1.29 is 23.3 Å². The van der Waals surface area contributed by atoms with Crippen LogP contribution < -0.4 is 15.4 Å². The normalized spacial score (nSPS) is 15.9. The van der Waals surface area contributed by atoms with E-state index < -0.39 is 10.0 Å². The van der Waals surface area contributed by atoms with Gasteiger partial charge in [0.1, 0.15) is 10.6 Å². The zero-order valence-corrected chi connectivity index (χ0v) is 15.1. The average molecular weight is 356 g/mol. The first-order chi connectivity index (χ1) is 11.5. The predicted molar refractivity (Wildman–Crippen MR) is 91.6 cm³/mol. The number of quaternary nitrogens is 1. The van der Waals surface area contributed by atoms with E-state index in [9.17, 15) is 13.2 Å². The Balaban J connectivity index is 2.26. The molecule has 1 aliphatic rings. The second-order valence-corrected chi connectivity index (χ2v) is 7.69. The van der Waals surface area contributed by atoms with E-state index in [1.54, 1.807) is 12.1 Å². The summed E-state index contributed by atoms with van der Waals surface area (Å²) in [6, 6.07) is 4.71. The Morgan fingerprint density at radius 3 is 2.62 bits per heavy atom. The number of anilines is 1. The van der Waals surface area contributed by atoms with E-state index in [1.807, 2.05) is 12.2 Å². The molecule has 0 bridgehead atoms. The van der Waals surface area contributed by atoms with Crippen LogP contribution in [0.3, 0.4) is 0 Å². The Hall–Kier alpha value is -1.64. The van der Waals surface area contributed by atoms with Gasteiger partial charge in [0.2, 0.25) is 10.0 Å². The third-order valence-electron chi connectivity index (χ3n) is 4.00. The number of carbonyl (C=O) groups excluding carboxylic acids is 1. The molecular formula is C16H26N3O4S+. The SMILES string of the molecule is CC[NH2+]CC(=O)Nc1ccc(OC)c(S(=O)(=O)N2CCCCC2)c1. The van der Waals surface area contributed by atoms with Crippen LogP contribution in [0.5, 0.6) is 5.75 Å². The number of nitrogens with one attached hydrogen (secondary N) is 1. The summed E-state index contributed by atoms with van der Waals surface area (Å²) in [5.74, 6) is 0.127. The van der Waals surface area contributed by atoms with Gasteiger partial charge in [-0.2, -0.15) is 4.31 Å². The maximum atomic E-state index is 12.9. The number of hydrogen-bond donors (Lipinski definition) is 2. The highest BCUT2D eigenvalue weighted by molar-refractivity contribution is 7.89. The van der Waals surface area contributed by atoms with Gasteiger partial charge in [-0.25, -0.2) is 8.42 Å². The molecular weight excluding hydrogens is 330 g/mol. The monoisotopic (exact) mass is 356 g/mol. The molecule has 0 saturated carbocycles. The summed E-state index contributed by atoms with van der Waals surface area (Å²) in [5.41, 5.74) is 0.459. The largest absolute Gasteiger partial charge is 0.495 e. The predicted octanol–water partition coefficient (Wildman–Crippen LogP) is 0.392. The van der Waals surface area contributed by atoms with Crippen LogP contribution in [0.2, 0.25) is 0 Å². The molecule has 1 aliphatic heterocycles. The van der Waals surface area contributed by atoms with Crippen LogP contribution in [-0.4, -0.2) is 51.9 Å². The Morgan fingerprint density at radius 2 is 2.00 bits per heavy atom. The Kier molecular flexibility index (Phi) is 6.59. The van der Waals surface area contributed by atoms with Crippen LogP contribution in [0, 0.1) is 0 Å². The van der Waals surface area contributed by atoms with Crippen molar-refractivity contribution in [2.45, 2.75) is 31.1 Å². The van der Waals surface area contributed by atoms with Crippen molar-refractivity contribution in [2.75, 3.05) is 38.6 Å². The molecule has 1 aromatic carbocycles. The second kappa shape index (κ2) is 8.46. The second-order valence-electron chi connectivity index (χ2n) is 5.78. The van der Waals surface area contributed by atoms with E-state index in [1.165, 1.54) is 17.5 Å². The van der Waals surface area contributed by atoms with Gasteiger partial charge in [0, 0.05) is 18.8 Å². The number of sulfonamides is 1. The van der Waals surface area contributed by atoms with Crippen LogP contribution >= 0.6 is 0 Å². The maximum absolute atomic E-state index is 12.9. The molecule has 7 nitrogen and oxygen atoms in total.